The van der Waals surface area contributed by atoms with E-state index in [0.29, 0.717) is 11.4 Å². The molecular formula is C13H18F3N3. The third-order valence-electron chi connectivity index (χ3n) is 3.59. The summed E-state index contributed by atoms with van der Waals surface area (Å²) < 4.78 is 38.3. The van der Waals surface area contributed by atoms with Gasteiger partial charge in [-0.2, -0.15) is 13.2 Å². The van der Waals surface area contributed by atoms with Crippen LogP contribution in [0.3, 0.4) is 0 Å². The Morgan fingerprint density at radius 1 is 1.42 bits per heavy atom. The molecule has 1 aliphatic heterocycles. The van der Waals surface area contributed by atoms with Crippen molar-refractivity contribution in [1.29, 1.82) is 0 Å². The van der Waals surface area contributed by atoms with Crippen LogP contribution in [0.25, 0.3) is 0 Å². The van der Waals surface area contributed by atoms with Crippen LogP contribution in [0.15, 0.2) is 12.1 Å². The van der Waals surface area contributed by atoms with Crippen molar-refractivity contribution in [1.82, 2.24) is 4.98 Å². The Labute approximate surface area is 110 Å². The van der Waals surface area contributed by atoms with E-state index in [4.69, 9.17) is 5.73 Å². The smallest absolute Gasteiger partial charge is 0.353 e. The molecule has 2 N–H and O–H groups in total. The highest BCUT2D eigenvalue weighted by atomic mass is 19.4. The fraction of sp³-hybridized carbons (Fsp3) is 0.615. The predicted octanol–water partition coefficient (Wildman–Crippen LogP) is 2.94. The van der Waals surface area contributed by atoms with Crippen molar-refractivity contribution >= 4 is 5.82 Å². The molecule has 1 saturated heterocycles. The summed E-state index contributed by atoms with van der Waals surface area (Å²) in [7, 11) is 0. The monoisotopic (exact) mass is 273 g/mol. The van der Waals surface area contributed by atoms with Gasteiger partial charge < -0.3 is 10.6 Å². The van der Waals surface area contributed by atoms with E-state index in [2.05, 4.69) is 4.98 Å². The number of pyridine rings is 1. The highest BCUT2D eigenvalue weighted by Crippen LogP contribution is 2.33. The van der Waals surface area contributed by atoms with Gasteiger partial charge in [-0.3, -0.25) is 0 Å². The Morgan fingerprint density at radius 2 is 2.16 bits per heavy atom. The number of hydrogen-bond donors (Lipinski definition) is 1. The van der Waals surface area contributed by atoms with Gasteiger partial charge in [-0.15, -0.1) is 0 Å². The lowest BCUT2D eigenvalue weighted by Gasteiger charge is -2.27. The maximum atomic E-state index is 12.8. The Bertz CT molecular complexity index is 445. The van der Waals surface area contributed by atoms with Gasteiger partial charge >= 0.3 is 6.18 Å². The minimum absolute atomic E-state index is 0.202. The third kappa shape index (κ3) is 2.83. The molecule has 1 aromatic rings. The Kier molecular flexibility index (Phi) is 3.99. The molecule has 0 aliphatic carbocycles. The fourth-order valence-corrected chi connectivity index (χ4v) is 2.58. The minimum Gasteiger partial charge on any atom is -0.353 e. The van der Waals surface area contributed by atoms with E-state index in [1.165, 1.54) is 6.07 Å². The molecule has 2 rings (SSSR count). The number of anilines is 1. The fourth-order valence-electron chi connectivity index (χ4n) is 2.58. The summed E-state index contributed by atoms with van der Waals surface area (Å²) >= 11 is 0. The molecule has 0 bridgehead atoms. The van der Waals surface area contributed by atoms with Crippen molar-refractivity contribution in [2.45, 2.75) is 44.9 Å². The number of nitrogens with zero attached hydrogens (tertiary/aromatic N) is 2. The van der Waals surface area contributed by atoms with Gasteiger partial charge in [-0.05, 0) is 25.3 Å². The topological polar surface area (TPSA) is 42.2 Å². The van der Waals surface area contributed by atoms with Crippen LogP contribution in [0.2, 0.25) is 0 Å². The van der Waals surface area contributed by atoms with E-state index in [1.54, 1.807) is 0 Å². The van der Waals surface area contributed by atoms with Crippen molar-refractivity contribution < 1.29 is 13.2 Å². The van der Waals surface area contributed by atoms with Crippen LogP contribution in [0.4, 0.5) is 19.0 Å². The van der Waals surface area contributed by atoms with E-state index in [-0.39, 0.29) is 12.6 Å². The Balaban J connectivity index is 2.41. The van der Waals surface area contributed by atoms with Gasteiger partial charge in [-0.1, -0.05) is 13.0 Å². The molecule has 106 valence electrons. The standard InChI is InChI=1S/C13H18F3N3/c1-2-10-4-3-7-19(10)12-9(8-17)5-6-11(18-12)13(14,15)16/h5-6,10H,2-4,7-8,17H2,1H3. The summed E-state index contributed by atoms with van der Waals surface area (Å²) in [5, 5.41) is 0. The van der Waals surface area contributed by atoms with E-state index < -0.39 is 11.9 Å². The van der Waals surface area contributed by atoms with Crippen molar-refractivity contribution in [2.75, 3.05) is 11.4 Å². The van der Waals surface area contributed by atoms with Crippen LogP contribution in [0, 0.1) is 0 Å². The van der Waals surface area contributed by atoms with Crippen molar-refractivity contribution in [3.05, 3.63) is 23.4 Å². The second-order valence-electron chi connectivity index (χ2n) is 4.78. The highest BCUT2D eigenvalue weighted by molar-refractivity contribution is 5.50. The lowest BCUT2D eigenvalue weighted by molar-refractivity contribution is -0.141. The van der Waals surface area contributed by atoms with Gasteiger partial charge in [0.25, 0.3) is 0 Å². The third-order valence-corrected chi connectivity index (χ3v) is 3.59. The zero-order chi connectivity index (χ0) is 14.0. The van der Waals surface area contributed by atoms with Crippen LogP contribution in [-0.2, 0) is 12.7 Å². The zero-order valence-corrected chi connectivity index (χ0v) is 10.9. The van der Waals surface area contributed by atoms with Crippen LogP contribution < -0.4 is 10.6 Å². The quantitative estimate of drug-likeness (QED) is 0.920. The molecule has 19 heavy (non-hydrogen) atoms. The van der Waals surface area contributed by atoms with Gasteiger partial charge in [-0.25, -0.2) is 4.98 Å². The average molecular weight is 273 g/mol. The molecular weight excluding hydrogens is 255 g/mol. The molecule has 1 atom stereocenters. The van der Waals surface area contributed by atoms with E-state index >= 15 is 0 Å². The summed E-state index contributed by atoms with van der Waals surface area (Å²) in [5.74, 6) is 0.404. The maximum absolute atomic E-state index is 12.8. The molecule has 1 aliphatic rings. The molecule has 0 amide bonds. The predicted molar refractivity (Wildman–Crippen MR) is 67.8 cm³/mol. The van der Waals surface area contributed by atoms with Crippen LogP contribution in [0.1, 0.15) is 37.4 Å². The first-order chi connectivity index (χ1) is 8.97. The second kappa shape index (κ2) is 5.36. The van der Waals surface area contributed by atoms with E-state index in [9.17, 15) is 13.2 Å². The normalized spacial score (nSPS) is 20.1. The Morgan fingerprint density at radius 3 is 2.74 bits per heavy atom. The largest absolute Gasteiger partial charge is 0.433 e. The SMILES string of the molecule is CCC1CCCN1c1nc(C(F)(F)F)ccc1CN. The molecule has 0 radical (unpaired) electrons. The first-order valence-corrected chi connectivity index (χ1v) is 6.51. The minimum atomic E-state index is -4.41. The molecule has 0 saturated carbocycles. The number of halogens is 3. The first-order valence-electron chi connectivity index (χ1n) is 6.51. The van der Waals surface area contributed by atoms with Crippen molar-refractivity contribution in [2.24, 2.45) is 5.73 Å². The summed E-state index contributed by atoms with van der Waals surface area (Å²) in [6.07, 6.45) is -1.52. The number of aromatic nitrogens is 1. The van der Waals surface area contributed by atoms with Gasteiger partial charge in [0.2, 0.25) is 0 Å². The summed E-state index contributed by atoms with van der Waals surface area (Å²) in [5.41, 5.74) is 5.44. The van der Waals surface area contributed by atoms with Gasteiger partial charge in [0.15, 0.2) is 0 Å². The number of nitrogens with two attached hydrogens (primary N) is 1. The lowest BCUT2D eigenvalue weighted by atomic mass is 10.1. The number of rotatable bonds is 3. The van der Waals surface area contributed by atoms with Crippen LogP contribution in [0.5, 0.6) is 0 Å². The van der Waals surface area contributed by atoms with Gasteiger partial charge in [0.1, 0.15) is 11.5 Å². The molecule has 3 nitrogen and oxygen atoms in total. The van der Waals surface area contributed by atoms with Gasteiger partial charge in [0, 0.05) is 24.7 Å². The van der Waals surface area contributed by atoms with Crippen molar-refractivity contribution in [3.8, 4) is 0 Å². The van der Waals surface area contributed by atoms with Gasteiger partial charge in [0.05, 0.1) is 0 Å². The number of alkyl halides is 3. The van der Waals surface area contributed by atoms with Crippen LogP contribution in [-0.4, -0.2) is 17.6 Å². The Hall–Kier alpha value is -1.30. The molecule has 1 fully saturated rings. The summed E-state index contributed by atoms with van der Waals surface area (Å²) in [6, 6.07) is 2.71. The summed E-state index contributed by atoms with van der Waals surface area (Å²) in [6.45, 7) is 2.99. The number of hydrogen-bond acceptors (Lipinski definition) is 3. The summed E-state index contributed by atoms with van der Waals surface area (Å²) in [4.78, 5) is 5.79. The molecule has 0 aromatic carbocycles. The lowest BCUT2D eigenvalue weighted by Crippen LogP contribution is -2.31. The second-order valence-corrected chi connectivity index (χ2v) is 4.78. The first kappa shape index (κ1) is 14.1. The molecule has 1 unspecified atom stereocenters. The van der Waals surface area contributed by atoms with Crippen LogP contribution >= 0.6 is 0 Å². The zero-order valence-electron chi connectivity index (χ0n) is 10.9. The maximum Gasteiger partial charge on any atom is 0.433 e. The van der Waals surface area contributed by atoms with Crippen molar-refractivity contribution in [3.63, 3.8) is 0 Å². The molecule has 1 aromatic heterocycles. The molecule has 2 heterocycles. The van der Waals surface area contributed by atoms with E-state index in [1.807, 2.05) is 11.8 Å². The molecule has 6 heteroatoms. The van der Waals surface area contributed by atoms with E-state index in [0.717, 1.165) is 31.9 Å². The highest BCUT2D eigenvalue weighted by Gasteiger charge is 2.34. The average Bonchev–Trinajstić information content (AvgIpc) is 2.85. The molecule has 0 spiro atoms.